The van der Waals surface area contributed by atoms with Gasteiger partial charge < -0.3 is 0 Å². The summed E-state index contributed by atoms with van der Waals surface area (Å²) in [5.74, 6) is 0. The van der Waals surface area contributed by atoms with Crippen molar-refractivity contribution in [1.82, 2.24) is 9.97 Å². The number of hydrogen-bond donors (Lipinski definition) is 0. The normalized spacial score (nSPS) is 11.1. The lowest BCUT2D eigenvalue weighted by molar-refractivity contribution is -0.662. The van der Waals surface area contributed by atoms with Crippen LogP contribution in [0.15, 0.2) is 55.0 Å². The van der Waals surface area contributed by atoms with Gasteiger partial charge in [0.05, 0.1) is 18.1 Å². The molecule has 2 aromatic heterocycles. The molecule has 0 unspecified atom stereocenters. The van der Waals surface area contributed by atoms with Gasteiger partial charge in [0.25, 0.3) is 6.33 Å². The van der Waals surface area contributed by atoms with Crippen LogP contribution in [0.5, 0.6) is 0 Å². The number of pyridine rings is 1. The minimum absolute atomic E-state index is 0.974. The molecule has 3 heteroatoms. The highest BCUT2D eigenvalue weighted by Gasteiger charge is 2.18. The maximum atomic E-state index is 4.68. The molecule has 0 saturated heterocycles. The highest BCUT2D eigenvalue weighted by Crippen LogP contribution is 2.31. The molecule has 0 amide bonds. The van der Waals surface area contributed by atoms with Crippen molar-refractivity contribution in [3.8, 4) is 22.5 Å². The van der Waals surface area contributed by atoms with Crippen molar-refractivity contribution in [1.29, 1.82) is 0 Å². The van der Waals surface area contributed by atoms with Gasteiger partial charge in [-0.3, -0.25) is 4.98 Å². The molecule has 0 atom stereocenters. The predicted molar refractivity (Wildman–Crippen MR) is 111 cm³/mol. The van der Waals surface area contributed by atoms with Crippen molar-refractivity contribution in [2.24, 2.45) is 7.05 Å². The highest BCUT2D eigenvalue weighted by atomic mass is 15.0. The third-order valence-corrected chi connectivity index (χ3v) is 5.25. The van der Waals surface area contributed by atoms with Gasteiger partial charge in [-0.2, -0.15) is 0 Å². The third-order valence-electron chi connectivity index (χ3n) is 5.25. The van der Waals surface area contributed by atoms with Crippen molar-refractivity contribution >= 4 is 10.9 Å². The van der Waals surface area contributed by atoms with Crippen LogP contribution in [-0.4, -0.2) is 9.97 Å². The Balaban J connectivity index is 1.95. The molecule has 0 radical (unpaired) electrons. The summed E-state index contributed by atoms with van der Waals surface area (Å²) in [5, 5.41) is 1.16. The Hall–Kier alpha value is -3.07. The zero-order valence-electron chi connectivity index (χ0n) is 16.5. The van der Waals surface area contributed by atoms with Gasteiger partial charge in [-0.1, -0.05) is 23.8 Å². The van der Waals surface area contributed by atoms with Crippen LogP contribution in [0.4, 0.5) is 0 Å². The van der Waals surface area contributed by atoms with Crippen LogP contribution in [0.3, 0.4) is 0 Å². The van der Waals surface area contributed by atoms with Crippen LogP contribution in [0, 0.1) is 27.7 Å². The van der Waals surface area contributed by atoms with E-state index in [0.29, 0.717) is 0 Å². The number of aromatic nitrogens is 3. The van der Waals surface area contributed by atoms with Crippen LogP contribution in [0.1, 0.15) is 22.3 Å². The van der Waals surface area contributed by atoms with Gasteiger partial charge in [0, 0.05) is 17.3 Å². The summed E-state index contributed by atoms with van der Waals surface area (Å²) < 4.78 is 2.12. The molecule has 2 aromatic carbocycles. The molecule has 27 heavy (non-hydrogen) atoms. The van der Waals surface area contributed by atoms with E-state index in [2.05, 4.69) is 91.7 Å². The summed E-state index contributed by atoms with van der Waals surface area (Å²) in [7, 11) is 2.06. The van der Waals surface area contributed by atoms with Gasteiger partial charge >= 0.3 is 0 Å². The lowest BCUT2D eigenvalue weighted by atomic mass is 9.95. The maximum absolute atomic E-state index is 4.68. The standard InChI is InChI=1S/C24H24N3/c1-15-6-9-22(25-13-15)19-7-8-20-23(12-19)26-14-27(5)24(20)21-11-16(2)10-17(3)18(21)4/h6-14H,1-5H3/q+1. The average Bonchev–Trinajstić information content (AvgIpc) is 2.65. The topological polar surface area (TPSA) is 29.7 Å². The summed E-state index contributed by atoms with van der Waals surface area (Å²) in [5.41, 5.74) is 10.6. The van der Waals surface area contributed by atoms with E-state index in [4.69, 9.17) is 0 Å². The van der Waals surface area contributed by atoms with E-state index >= 15 is 0 Å². The number of fused-ring (bicyclic) bond motifs is 1. The van der Waals surface area contributed by atoms with Gasteiger partial charge in [-0.15, -0.1) is 0 Å². The lowest BCUT2D eigenvalue weighted by Gasteiger charge is -2.12. The summed E-state index contributed by atoms with van der Waals surface area (Å²) in [4.78, 5) is 9.24. The first-order valence-corrected chi connectivity index (χ1v) is 9.23. The lowest BCUT2D eigenvalue weighted by Crippen LogP contribution is -2.32. The monoisotopic (exact) mass is 354 g/mol. The number of aryl methyl sites for hydroxylation is 4. The predicted octanol–water partition coefficient (Wildman–Crippen LogP) is 5.02. The molecule has 3 nitrogen and oxygen atoms in total. The van der Waals surface area contributed by atoms with E-state index in [-0.39, 0.29) is 0 Å². The SMILES string of the molecule is Cc1ccc(-c2ccc3c(-c4cc(C)cc(C)c4C)[n+](C)cnc3c2)nc1. The zero-order valence-corrected chi connectivity index (χ0v) is 16.5. The fraction of sp³-hybridized carbons (Fsp3) is 0.208. The van der Waals surface area contributed by atoms with Gasteiger partial charge in [-0.25, -0.2) is 4.57 Å². The highest BCUT2D eigenvalue weighted by molar-refractivity contribution is 5.93. The van der Waals surface area contributed by atoms with Crippen molar-refractivity contribution in [2.75, 3.05) is 0 Å². The van der Waals surface area contributed by atoms with Crippen LogP contribution >= 0.6 is 0 Å². The fourth-order valence-corrected chi connectivity index (χ4v) is 3.65. The molecule has 0 aliphatic heterocycles. The largest absolute Gasteiger partial charge is 0.287 e. The van der Waals surface area contributed by atoms with Gasteiger partial charge in [0.1, 0.15) is 5.69 Å². The Morgan fingerprint density at radius 3 is 2.37 bits per heavy atom. The Kier molecular flexibility index (Phi) is 4.23. The fourth-order valence-electron chi connectivity index (χ4n) is 3.65. The molecular formula is C24H24N3+. The minimum Gasteiger partial charge on any atom is -0.256 e. The Labute approximate surface area is 160 Å². The van der Waals surface area contributed by atoms with Crippen LogP contribution in [0.25, 0.3) is 33.4 Å². The molecule has 0 bridgehead atoms. The van der Waals surface area contributed by atoms with E-state index < -0.39 is 0 Å². The Bertz CT molecular complexity index is 1160. The summed E-state index contributed by atoms with van der Waals surface area (Å²) >= 11 is 0. The summed E-state index contributed by atoms with van der Waals surface area (Å²) in [6, 6.07) is 15.1. The van der Waals surface area contributed by atoms with Crippen molar-refractivity contribution in [2.45, 2.75) is 27.7 Å². The van der Waals surface area contributed by atoms with Crippen LogP contribution in [0.2, 0.25) is 0 Å². The Morgan fingerprint density at radius 2 is 1.63 bits per heavy atom. The van der Waals surface area contributed by atoms with Gasteiger partial charge in [0.15, 0.2) is 5.52 Å². The molecule has 0 saturated carbocycles. The number of rotatable bonds is 2. The molecule has 0 fully saturated rings. The molecule has 2 heterocycles. The van der Waals surface area contributed by atoms with Crippen molar-refractivity contribution < 1.29 is 4.57 Å². The van der Waals surface area contributed by atoms with Crippen LogP contribution < -0.4 is 4.57 Å². The zero-order chi connectivity index (χ0) is 19.1. The van der Waals surface area contributed by atoms with Crippen molar-refractivity contribution in [3.63, 3.8) is 0 Å². The first kappa shape index (κ1) is 17.3. The first-order chi connectivity index (χ1) is 12.9. The molecule has 134 valence electrons. The molecule has 4 aromatic rings. The maximum Gasteiger partial charge on any atom is 0.287 e. The molecule has 0 spiro atoms. The summed E-state index contributed by atoms with van der Waals surface area (Å²) in [6.45, 7) is 8.58. The number of hydrogen-bond acceptors (Lipinski definition) is 2. The average molecular weight is 354 g/mol. The molecule has 0 aliphatic rings. The summed E-state index contributed by atoms with van der Waals surface area (Å²) in [6.07, 6.45) is 3.81. The molecular weight excluding hydrogens is 330 g/mol. The van der Waals surface area contributed by atoms with Crippen molar-refractivity contribution in [3.05, 3.63) is 77.2 Å². The minimum atomic E-state index is 0.974. The molecule has 0 N–H and O–H groups in total. The van der Waals surface area contributed by atoms with Gasteiger partial charge in [-0.05, 0) is 73.6 Å². The molecule has 4 rings (SSSR count). The van der Waals surface area contributed by atoms with Gasteiger partial charge in [0.2, 0.25) is 0 Å². The van der Waals surface area contributed by atoms with E-state index in [1.165, 1.54) is 27.9 Å². The second-order valence-corrected chi connectivity index (χ2v) is 7.41. The van der Waals surface area contributed by atoms with E-state index in [1.807, 2.05) is 12.5 Å². The smallest absolute Gasteiger partial charge is 0.256 e. The first-order valence-electron chi connectivity index (χ1n) is 9.23. The van der Waals surface area contributed by atoms with E-state index in [1.54, 1.807) is 0 Å². The molecule has 0 aliphatic carbocycles. The second kappa shape index (κ2) is 6.58. The van der Waals surface area contributed by atoms with E-state index in [0.717, 1.165) is 27.7 Å². The Morgan fingerprint density at radius 1 is 0.815 bits per heavy atom. The quantitative estimate of drug-likeness (QED) is 0.473. The second-order valence-electron chi connectivity index (χ2n) is 7.41. The number of benzene rings is 2. The third kappa shape index (κ3) is 3.10. The van der Waals surface area contributed by atoms with E-state index in [9.17, 15) is 0 Å². The number of nitrogens with zero attached hydrogens (tertiary/aromatic N) is 3. The van der Waals surface area contributed by atoms with Crippen LogP contribution in [-0.2, 0) is 7.05 Å².